The monoisotopic (exact) mass is 716 g/mol. The maximum absolute atomic E-state index is 5.06. The van der Waals surface area contributed by atoms with Gasteiger partial charge in [0, 0.05) is 56.5 Å². The van der Waals surface area contributed by atoms with E-state index < -0.39 is 0 Å². The second kappa shape index (κ2) is 14.3. The van der Waals surface area contributed by atoms with Crippen LogP contribution in [0.25, 0.3) is 101 Å². The number of aromatic nitrogens is 6. The molecule has 0 aliphatic rings. The standard InChI is InChI=1S/C50H32N6/c1-3-11-35(12-4-1)45-29-47(41-27-39-15-7-9-17-43(39)51-31-41)55-49(53-45)37-23-19-33(20-24-37)34-21-25-38(26-22-34)50-54-46(36-13-5-2-6-14-36)30-48(56-50)42-28-40-16-8-10-18-44(40)52-32-42/h1-32H. The number of fused-ring (bicyclic) bond motifs is 2. The SMILES string of the molecule is c1ccc(-c2cc(-c3cnc4ccccc4c3)nc(-c3ccc(-c4ccc(-c5nc(-c6ccccc6)cc(-c6cnc7ccccc7c6)n5)cc4)cc3)n2)cc1. The van der Waals surface area contributed by atoms with E-state index in [2.05, 4.69) is 97.1 Å². The summed E-state index contributed by atoms with van der Waals surface area (Å²) < 4.78 is 0. The molecule has 0 aliphatic carbocycles. The third-order valence-corrected chi connectivity index (χ3v) is 9.98. The molecule has 0 atom stereocenters. The van der Waals surface area contributed by atoms with Crippen molar-refractivity contribution < 1.29 is 0 Å². The van der Waals surface area contributed by atoms with Gasteiger partial charge in [-0.25, -0.2) is 19.9 Å². The molecule has 0 saturated heterocycles. The van der Waals surface area contributed by atoms with E-state index in [1.807, 2.05) is 97.3 Å². The first-order valence-corrected chi connectivity index (χ1v) is 18.5. The maximum atomic E-state index is 5.06. The zero-order valence-corrected chi connectivity index (χ0v) is 30.2. The van der Waals surface area contributed by atoms with Crippen LogP contribution in [-0.2, 0) is 0 Å². The van der Waals surface area contributed by atoms with E-state index in [0.29, 0.717) is 11.6 Å². The van der Waals surface area contributed by atoms with E-state index in [0.717, 1.165) is 89.1 Å². The number of pyridine rings is 2. The zero-order valence-electron chi connectivity index (χ0n) is 30.2. The van der Waals surface area contributed by atoms with Crippen molar-refractivity contribution in [1.29, 1.82) is 0 Å². The van der Waals surface area contributed by atoms with Gasteiger partial charge in [0.15, 0.2) is 11.6 Å². The van der Waals surface area contributed by atoms with Crippen LogP contribution in [0.3, 0.4) is 0 Å². The maximum Gasteiger partial charge on any atom is 0.160 e. The van der Waals surface area contributed by atoms with Crippen molar-refractivity contribution in [3.8, 4) is 78.9 Å². The lowest BCUT2D eigenvalue weighted by Gasteiger charge is -2.11. The van der Waals surface area contributed by atoms with Crippen molar-refractivity contribution in [3.63, 3.8) is 0 Å². The van der Waals surface area contributed by atoms with Gasteiger partial charge in [-0.05, 0) is 47.5 Å². The molecule has 0 radical (unpaired) electrons. The van der Waals surface area contributed by atoms with Crippen LogP contribution in [0.1, 0.15) is 0 Å². The van der Waals surface area contributed by atoms with Gasteiger partial charge in [-0.1, -0.05) is 146 Å². The molecule has 0 N–H and O–H groups in total. The Hall–Kier alpha value is -7.70. The molecular weight excluding hydrogens is 685 g/mol. The number of benzene rings is 6. The number of hydrogen-bond acceptors (Lipinski definition) is 6. The van der Waals surface area contributed by atoms with Gasteiger partial charge in [0.2, 0.25) is 0 Å². The molecule has 0 amide bonds. The Labute approximate surface area is 324 Å². The molecule has 4 aromatic heterocycles. The summed E-state index contributed by atoms with van der Waals surface area (Å²) in [6.45, 7) is 0. The quantitative estimate of drug-likeness (QED) is 0.163. The average molecular weight is 717 g/mol. The first kappa shape index (κ1) is 32.9. The topological polar surface area (TPSA) is 77.3 Å². The Bertz CT molecular complexity index is 2790. The first-order chi connectivity index (χ1) is 27.7. The lowest BCUT2D eigenvalue weighted by atomic mass is 10.0. The molecule has 0 saturated carbocycles. The van der Waals surface area contributed by atoms with Crippen molar-refractivity contribution >= 4 is 21.8 Å². The summed E-state index contributed by atoms with van der Waals surface area (Å²) in [7, 11) is 0. The molecule has 6 heteroatoms. The van der Waals surface area contributed by atoms with Crippen LogP contribution in [0, 0.1) is 0 Å². The molecule has 6 aromatic carbocycles. The predicted octanol–water partition coefficient (Wildman–Crippen LogP) is 12.0. The highest BCUT2D eigenvalue weighted by Crippen LogP contribution is 2.32. The summed E-state index contributed by atoms with van der Waals surface area (Å²) in [6.07, 6.45) is 3.78. The largest absolute Gasteiger partial charge is 0.256 e. The Morgan fingerprint density at radius 2 is 0.589 bits per heavy atom. The molecule has 6 nitrogen and oxygen atoms in total. The number of para-hydroxylation sites is 2. The van der Waals surface area contributed by atoms with E-state index in [1.54, 1.807) is 0 Å². The Morgan fingerprint density at radius 1 is 0.250 bits per heavy atom. The van der Waals surface area contributed by atoms with Gasteiger partial charge < -0.3 is 0 Å². The van der Waals surface area contributed by atoms with Gasteiger partial charge in [0.25, 0.3) is 0 Å². The van der Waals surface area contributed by atoms with E-state index in [9.17, 15) is 0 Å². The Morgan fingerprint density at radius 3 is 1.00 bits per heavy atom. The van der Waals surface area contributed by atoms with Crippen LogP contribution >= 0.6 is 0 Å². The smallest absolute Gasteiger partial charge is 0.160 e. The summed E-state index contributed by atoms with van der Waals surface area (Å²) in [5.41, 5.74) is 13.2. The number of rotatable bonds is 7. The van der Waals surface area contributed by atoms with Crippen molar-refractivity contribution in [2.45, 2.75) is 0 Å². The zero-order chi connectivity index (χ0) is 37.3. The predicted molar refractivity (Wildman–Crippen MR) is 226 cm³/mol. The lowest BCUT2D eigenvalue weighted by Crippen LogP contribution is -1.97. The third-order valence-electron chi connectivity index (χ3n) is 9.98. The van der Waals surface area contributed by atoms with Crippen LogP contribution in [0.15, 0.2) is 194 Å². The van der Waals surface area contributed by atoms with Gasteiger partial charge in [0.05, 0.1) is 33.8 Å². The minimum absolute atomic E-state index is 0.657. The number of hydrogen-bond donors (Lipinski definition) is 0. The molecule has 4 heterocycles. The highest BCUT2D eigenvalue weighted by atomic mass is 14.9. The summed E-state index contributed by atoms with van der Waals surface area (Å²) >= 11 is 0. The molecule has 10 aromatic rings. The van der Waals surface area contributed by atoms with Crippen LogP contribution in [0.2, 0.25) is 0 Å². The second-order valence-corrected chi connectivity index (χ2v) is 13.6. The fraction of sp³-hybridized carbons (Fsp3) is 0. The van der Waals surface area contributed by atoms with Crippen LogP contribution in [-0.4, -0.2) is 29.9 Å². The van der Waals surface area contributed by atoms with E-state index >= 15 is 0 Å². The molecule has 0 fully saturated rings. The Balaban J connectivity index is 0.980. The highest BCUT2D eigenvalue weighted by Gasteiger charge is 2.14. The molecule has 262 valence electrons. The Kier molecular flexibility index (Phi) is 8.39. The van der Waals surface area contributed by atoms with Crippen molar-refractivity contribution in [2.75, 3.05) is 0 Å². The van der Waals surface area contributed by atoms with Crippen LogP contribution in [0.5, 0.6) is 0 Å². The molecule has 10 rings (SSSR count). The van der Waals surface area contributed by atoms with E-state index in [-0.39, 0.29) is 0 Å². The molecule has 0 bridgehead atoms. The van der Waals surface area contributed by atoms with Gasteiger partial charge in [-0.2, -0.15) is 0 Å². The van der Waals surface area contributed by atoms with Gasteiger partial charge >= 0.3 is 0 Å². The summed E-state index contributed by atoms with van der Waals surface area (Å²) in [4.78, 5) is 29.6. The van der Waals surface area contributed by atoms with Crippen LogP contribution in [0.4, 0.5) is 0 Å². The van der Waals surface area contributed by atoms with Gasteiger partial charge in [0.1, 0.15) is 0 Å². The fourth-order valence-corrected chi connectivity index (χ4v) is 7.01. The molecule has 0 aliphatic heterocycles. The molecule has 0 unspecified atom stereocenters. The fourth-order valence-electron chi connectivity index (χ4n) is 7.01. The highest BCUT2D eigenvalue weighted by molar-refractivity contribution is 5.85. The summed E-state index contributed by atoms with van der Waals surface area (Å²) in [6, 6.07) is 61.9. The summed E-state index contributed by atoms with van der Waals surface area (Å²) in [5, 5.41) is 2.14. The normalized spacial score (nSPS) is 11.2. The minimum atomic E-state index is 0.657. The number of nitrogens with zero attached hydrogens (tertiary/aromatic N) is 6. The van der Waals surface area contributed by atoms with Crippen LogP contribution < -0.4 is 0 Å². The van der Waals surface area contributed by atoms with Crippen molar-refractivity contribution in [3.05, 3.63) is 194 Å². The molecule has 0 spiro atoms. The third kappa shape index (κ3) is 6.57. The average Bonchev–Trinajstić information content (AvgIpc) is 3.29. The second-order valence-electron chi connectivity index (χ2n) is 13.6. The molecular formula is C50H32N6. The van der Waals surface area contributed by atoms with Gasteiger partial charge in [-0.3, -0.25) is 9.97 Å². The van der Waals surface area contributed by atoms with Crippen molar-refractivity contribution in [1.82, 2.24) is 29.9 Å². The van der Waals surface area contributed by atoms with E-state index in [4.69, 9.17) is 29.9 Å². The van der Waals surface area contributed by atoms with E-state index in [1.165, 1.54) is 0 Å². The summed E-state index contributed by atoms with van der Waals surface area (Å²) in [5.74, 6) is 1.31. The van der Waals surface area contributed by atoms with Crippen molar-refractivity contribution in [2.24, 2.45) is 0 Å². The minimum Gasteiger partial charge on any atom is -0.256 e. The van der Waals surface area contributed by atoms with Gasteiger partial charge in [-0.15, -0.1) is 0 Å². The lowest BCUT2D eigenvalue weighted by molar-refractivity contribution is 1.18. The first-order valence-electron chi connectivity index (χ1n) is 18.5. The molecule has 56 heavy (non-hydrogen) atoms.